The van der Waals surface area contributed by atoms with Crippen LogP contribution < -0.4 is 5.32 Å². The van der Waals surface area contributed by atoms with Gasteiger partial charge in [0.1, 0.15) is 0 Å². The van der Waals surface area contributed by atoms with E-state index in [2.05, 4.69) is 69.5 Å². The highest BCUT2D eigenvalue weighted by atomic mass is 28.4. The fourth-order valence-electron chi connectivity index (χ4n) is 1.98. The van der Waals surface area contributed by atoms with E-state index in [9.17, 15) is 5.11 Å². The van der Waals surface area contributed by atoms with Gasteiger partial charge in [-0.1, -0.05) is 63.3 Å². The van der Waals surface area contributed by atoms with Crippen LogP contribution in [-0.4, -0.2) is 32.2 Å². The van der Waals surface area contributed by atoms with Crippen LogP contribution in [0.2, 0.25) is 18.1 Å². The summed E-state index contributed by atoms with van der Waals surface area (Å²) in [5.41, 5.74) is 1.26. The SMILES string of the molecule is C[C@H](O)C/C=C\[C@H](CO[Si](C)(C)C(C)(C)C)NCc1ccccc1. The minimum absolute atomic E-state index is 0.151. The Kier molecular flexibility index (Phi) is 8.37. The quantitative estimate of drug-likeness (QED) is 0.510. The van der Waals surface area contributed by atoms with Crippen molar-refractivity contribution in [1.29, 1.82) is 0 Å². The molecule has 0 fully saturated rings. The number of hydrogen-bond donors (Lipinski definition) is 2. The number of rotatable bonds is 9. The highest BCUT2D eigenvalue weighted by molar-refractivity contribution is 6.74. The summed E-state index contributed by atoms with van der Waals surface area (Å²) in [7, 11) is -1.76. The van der Waals surface area contributed by atoms with Crippen molar-refractivity contribution in [2.75, 3.05) is 6.61 Å². The molecule has 0 aromatic heterocycles. The van der Waals surface area contributed by atoms with Crippen LogP contribution >= 0.6 is 0 Å². The summed E-state index contributed by atoms with van der Waals surface area (Å²) in [6.07, 6.45) is 4.53. The molecule has 1 rings (SSSR count). The van der Waals surface area contributed by atoms with Gasteiger partial charge in [0.15, 0.2) is 8.32 Å². The molecule has 0 aliphatic heterocycles. The minimum Gasteiger partial charge on any atom is -0.415 e. The first-order chi connectivity index (χ1) is 11.1. The molecule has 0 saturated heterocycles. The molecule has 0 heterocycles. The molecule has 0 unspecified atom stereocenters. The van der Waals surface area contributed by atoms with Crippen LogP contribution in [0.15, 0.2) is 42.5 Å². The molecule has 2 N–H and O–H groups in total. The van der Waals surface area contributed by atoms with Crippen LogP contribution in [0, 0.1) is 0 Å². The molecule has 2 atom stereocenters. The Bertz CT molecular complexity index is 492. The fourth-order valence-corrected chi connectivity index (χ4v) is 3.01. The molecule has 0 bridgehead atoms. The van der Waals surface area contributed by atoms with Gasteiger partial charge in [-0.2, -0.15) is 0 Å². The van der Waals surface area contributed by atoms with E-state index in [0.29, 0.717) is 13.0 Å². The number of nitrogens with one attached hydrogen (secondary N) is 1. The molecular weight excluding hydrogens is 314 g/mol. The van der Waals surface area contributed by atoms with Crippen LogP contribution in [0.1, 0.15) is 39.7 Å². The van der Waals surface area contributed by atoms with E-state index in [0.717, 1.165) is 6.54 Å². The number of aliphatic hydroxyl groups excluding tert-OH is 1. The monoisotopic (exact) mass is 349 g/mol. The van der Waals surface area contributed by atoms with Crippen LogP contribution in [0.25, 0.3) is 0 Å². The lowest BCUT2D eigenvalue weighted by Crippen LogP contribution is -2.44. The van der Waals surface area contributed by atoms with Crippen molar-refractivity contribution in [1.82, 2.24) is 5.32 Å². The predicted octanol–water partition coefficient (Wildman–Crippen LogP) is 4.49. The van der Waals surface area contributed by atoms with E-state index in [-0.39, 0.29) is 17.2 Å². The Labute approximate surface area is 149 Å². The molecule has 3 nitrogen and oxygen atoms in total. The number of hydrogen-bond acceptors (Lipinski definition) is 3. The second-order valence-corrected chi connectivity index (χ2v) is 12.9. The molecule has 136 valence electrons. The largest absolute Gasteiger partial charge is 0.415 e. The molecular formula is C20H35NO2Si. The zero-order chi connectivity index (χ0) is 18.2. The minimum atomic E-state index is -1.76. The maximum absolute atomic E-state index is 9.44. The first-order valence-electron chi connectivity index (χ1n) is 8.88. The molecule has 0 spiro atoms. The second-order valence-electron chi connectivity index (χ2n) is 8.06. The molecule has 24 heavy (non-hydrogen) atoms. The van der Waals surface area contributed by atoms with E-state index in [1.807, 2.05) is 19.1 Å². The molecule has 0 saturated carbocycles. The lowest BCUT2D eigenvalue weighted by Gasteiger charge is -2.37. The molecule has 0 aliphatic carbocycles. The van der Waals surface area contributed by atoms with Gasteiger partial charge >= 0.3 is 0 Å². The second kappa shape index (κ2) is 9.52. The summed E-state index contributed by atoms with van der Waals surface area (Å²) in [5, 5.41) is 13.2. The van der Waals surface area contributed by atoms with E-state index >= 15 is 0 Å². The Balaban J connectivity index is 2.65. The zero-order valence-corrected chi connectivity index (χ0v) is 17.2. The number of benzene rings is 1. The molecule has 1 aromatic carbocycles. The van der Waals surface area contributed by atoms with E-state index in [1.165, 1.54) is 5.56 Å². The van der Waals surface area contributed by atoms with E-state index in [1.54, 1.807) is 0 Å². The van der Waals surface area contributed by atoms with Gasteiger partial charge in [0.25, 0.3) is 0 Å². The van der Waals surface area contributed by atoms with Crippen molar-refractivity contribution in [2.45, 2.75) is 70.9 Å². The highest BCUT2D eigenvalue weighted by Crippen LogP contribution is 2.36. The highest BCUT2D eigenvalue weighted by Gasteiger charge is 2.37. The smallest absolute Gasteiger partial charge is 0.192 e. The van der Waals surface area contributed by atoms with Gasteiger partial charge in [-0.05, 0) is 37.0 Å². The van der Waals surface area contributed by atoms with Crippen LogP contribution in [0.5, 0.6) is 0 Å². The first-order valence-corrected chi connectivity index (χ1v) is 11.8. The van der Waals surface area contributed by atoms with E-state index in [4.69, 9.17) is 4.43 Å². The summed E-state index contributed by atoms with van der Waals surface area (Å²) in [6.45, 7) is 14.6. The van der Waals surface area contributed by atoms with Gasteiger partial charge in [0.05, 0.1) is 12.7 Å². The maximum Gasteiger partial charge on any atom is 0.192 e. The Morgan fingerprint density at radius 1 is 1.21 bits per heavy atom. The average molecular weight is 350 g/mol. The third-order valence-electron chi connectivity index (χ3n) is 4.69. The summed E-state index contributed by atoms with van der Waals surface area (Å²) < 4.78 is 6.36. The van der Waals surface area contributed by atoms with Crippen molar-refractivity contribution >= 4 is 8.32 Å². The lowest BCUT2D eigenvalue weighted by atomic mass is 10.2. The van der Waals surface area contributed by atoms with Crippen molar-refractivity contribution in [2.24, 2.45) is 0 Å². The number of aliphatic hydroxyl groups is 1. The molecule has 4 heteroatoms. The van der Waals surface area contributed by atoms with Gasteiger partial charge in [-0.25, -0.2) is 0 Å². The third-order valence-corrected chi connectivity index (χ3v) is 9.19. The third kappa shape index (κ3) is 7.75. The van der Waals surface area contributed by atoms with Gasteiger partial charge in [0, 0.05) is 12.6 Å². The van der Waals surface area contributed by atoms with Crippen LogP contribution in [0.3, 0.4) is 0 Å². The Hall–Kier alpha value is -0.943. The van der Waals surface area contributed by atoms with Crippen molar-refractivity contribution in [3.63, 3.8) is 0 Å². The van der Waals surface area contributed by atoms with Gasteiger partial charge in [-0.15, -0.1) is 0 Å². The molecule has 0 radical (unpaired) electrons. The van der Waals surface area contributed by atoms with Gasteiger partial charge < -0.3 is 14.8 Å². The maximum atomic E-state index is 9.44. The molecule has 1 aromatic rings. The summed E-state index contributed by atoms with van der Waals surface area (Å²) in [6, 6.07) is 10.5. The predicted molar refractivity (Wildman–Crippen MR) is 106 cm³/mol. The van der Waals surface area contributed by atoms with E-state index < -0.39 is 8.32 Å². The van der Waals surface area contributed by atoms with Crippen LogP contribution in [-0.2, 0) is 11.0 Å². The van der Waals surface area contributed by atoms with Gasteiger partial charge in [0.2, 0.25) is 0 Å². The lowest BCUT2D eigenvalue weighted by molar-refractivity contribution is 0.198. The summed E-state index contributed by atoms with van der Waals surface area (Å²) in [5.74, 6) is 0. The van der Waals surface area contributed by atoms with Crippen LogP contribution in [0.4, 0.5) is 0 Å². The van der Waals surface area contributed by atoms with Crippen molar-refractivity contribution in [3.8, 4) is 0 Å². The Morgan fingerprint density at radius 3 is 2.38 bits per heavy atom. The standard InChI is InChI=1S/C20H35NO2Si/c1-17(22)11-10-14-19(16-23-24(5,6)20(2,3)4)21-15-18-12-8-7-9-13-18/h7-10,12-14,17,19,21-22H,11,15-16H2,1-6H3/b14-10-/t17-,19+/m0/s1. The van der Waals surface area contributed by atoms with Crippen molar-refractivity contribution < 1.29 is 9.53 Å². The first kappa shape index (κ1) is 21.1. The van der Waals surface area contributed by atoms with Crippen molar-refractivity contribution in [3.05, 3.63) is 48.0 Å². The zero-order valence-electron chi connectivity index (χ0n) is 16.2. The Morgan fingerprint density at radius 2 is 1.83 bits per heavy atom. The average Bonchev–Trinajstić information content (AvgIpc) is 2.49. The fraction of sp³-hybridized carbons (Fsp3) is 0.600. The normalized spacial score (nSPS) is 15.6. The summed E-state index contributed by atoms with van der Waals surface area (Å²) >= 11 is 0. The molecule has 0 aliphatic rings. The molecule has 0 amide bonds. The summed E-state index contributed by atoms with van der Waals surface area (Å²) in [4.78, 5) is 0. The van der Waals surface area contributed by atoms with Gasteiger partial charge in [-0.3, -0.25) is 0 Å². The topological polar surface area (TPSA) is 41.5 Å².